The van der Waals surface area contributed by atoms with Crippen LogP contribution >= 0.6 is 11.8 Å². The van der Waals surface area contributed by atoms with Crippen LogP contribution in [-0.4, -0.2) is 38.5 Å². The number of aromatic nitrogens is 3. The highest BCUT2D eigenvalue weighted by atomic mass is 32.2. The van der Waals surface area contributed by atoms with Crippen molar-refractivity contribution in [3.63, 3.8) is 0 Å². The third kappa shape index (κ3) is 5.21. The van der Waals surface area contributed by atoms with E-state index < -0.39 is 4.92 Å². The Hall–Kier alpha value is -4.12. The fraction of sp³-hybridized carbons (Fsp3) is 0.136. The summed E-state index contributed by atoms with van der Waals surface area (Å²) in [6.45, 7) is 0.363. The lowest BCUT2D eigenvalue weighted by Gasteiger charge is -2.11. The normalized spacial score (nSPS) is 10.7. The first-order valence-electron chi connectivity index (χ1n) is 9.81. The molecule has 0 saturated carbocycles. The number of nitrogens with one attached hydrogen (secondary N) is 1. The molecule has 0 fully saturated rings. The zero-order valence-corrected chi connectivity index (χ0v) is 18.3. The lowest BCUT2D eigenvalue weighted by Crippen LogP contribution is -2.15. The molecule has 0 saturated heterocycles. The molecular weight excluding hydrogens is 446 g/mol. The molecule has 2 aromatic heterocycles. The van der Waals surface area contributed by atoms with Crippen LogP contribution in [0.25, 0.3) is 11.4 Å². The largest absolute Gasteiger partial charge is 0.496 e. The molecule has 0 unspecified atom stereocenters. The van der Waals surface area contributed by atoms with Crippen molar-refractivity contribution in [3.8, 4) is 17.1 Å². The molecule has 168 valence electrons. The van der Waals surface area contributed by atoms with E-state index >= 15 is 0 Å². The molecule has 11 heteroatoms. The van der Waals surface area contributed by atoms with E-state index in [2.05, 4.69) is 15.5 Å². The Kier molecular flexibility index (Phi) is 6.69. The van der Waals surface area contributed by atoms with Crippen LogP contribution in [-0.2, 0) is 11.3 Å². The number of benzene rings is 2. The number of nitro benzene ring substituents is 1. The number of hydrogen-bond acceptors (Lipinski definition) is 8. The smallest absolute Gasteiger partial charge is 0.271 e. The van der Waals surface area contributed by atoms with Gasteiger partial charge in [0.25, 0.3) is 5.69 Å². The molecule has 0 radical (unpaired) electrons. The zero-order valence-electron chi connectivity index (χ0n) is 17.5. The van der Waals surface area contributed by atoms with Gasteiger partial charge in [0, 0.05) is 17.8 Å². The highest BCUT2D eigenvalue weighted by Gasteiger charge is 2.19. The van der Waals surface area contributed by atoms with Gasteiger partial charge in [-0.15, -0.1) is 10.2 Å². The maximum atomic E-state index is 12.5. The average Bonchev–Trinajstić information content (AvgIpc) is 3.48. The third-order valence-electron chi connectivity index (χ3n) is 4.63. The minimum atomic E-state index is -0.513. The number of anilines is 1. The molecule has 33 heavy (non-hydrogen) atoms. The summed E-state index contributed by atoms with van der Waals surface area (Å²) in [7, 11) is 1.58. The predicted octanol–water partition coefficient (Wildman–Crippen LogP) is 4.23. The Labute approximate surface area is 192 Å². The van der Waals surface area contributed by atoms with Crippen LogP contribution in [0.15, 0.2) is 76.5 Å². The van der Waals surface area contributed by atoms with E-state index in [1.807, 2.05) is 34.9 Å². The van der Waals surface area contributed by atoms with Gasteiger partial charge in [-0.1, -0.05) is 30.0 Å². The lowest BCUT2D eigenvalue weighted by atomic mass is 10.2. The van der Waals surface area contributed by atoms with Crippen LogP contribution in [0, 0.1) is 10.1 Å². The quantitative estimate of drug-likeness (QED) is 0.221. The first kappa shape index (κ1) is 22.1. The van der Waals surface area contributed by atoms with Gasteiger partial charge in [-0.2, -0.15) is 0 Å². The molecule has 0 aliphatic rings. The number of non-ortho nitro benzene ring substituents is 1. The molecule has 2 aromatic carbocycles. The maximum absolute atomic E-state index is 12.5. The summed E-state index contributed by atoms with van der Waals surface area (Å²) in [6.07, 6.45) is 1.59. The summed E-state index contributed by atoms with van der Waals surface area (Å²) < 4.78 is 12.8. The van der Waals surface area contributed by atoms with E-state index in [9.17, 15) is 14.9 Å². The van der Waals surface area contributed by atoms with Crippen LogP contribution in [0.5, 0.6) is 5.75 Å². The van der Waals surface area contributed by atoms with E-state index in [0.717, 1.165) is 5.56 Å². The fourth-order valence-corrected chi connectivity index (χ4v) is 3.89. The van der Waals surface area contributed by atoms with E-state index in [-0.39, 0.29) is 17.3 Å². The summed E-state index contributed by atoms with van der Waals surface area (Å²) in [6, 6.07) is 16.9. The second kappa shape index (κ2) is 10.0. The van der Waals surface area contributed by atoms with E-state index in [0.29, 0.717) is 34.7 Å². The number of nitrogens with zero attached hydrogens (tertiary/aromatic N) is 4. The van der Waals surface area contributed by atoms with Crippen LogP contribution in [0.3, 0.4) is 0 Å². The predicted molar refractivity (Wildman–Crippen MR) is 122 cm³/mol. The number of methoxy groups -OCH3 is 1. The Morgan fingerprint density at radius 2 is 2.03 bits per heavy atom. The van der Waals surface area contributed by atoms with Crippen molar-refractivity contribution in [2.24, 2.45) is 0 Å². The monoisotopic (exact) mass is 465 g/mol. The number of ether oxygens (including phenoxy) is 1. The molecule has 2 heterocycles. The minimum absolute atomic E-state index is 0.0326. The number of carbonyl (C=O) groups is 1. The van der Waals surface area contributed by atoms with Gasteiger partial charge < -0.3 is 14.5 Å². The number of rotatable bonds is 9. The van der Waals surface area contributed by atoms with Gasteiger partial charge in [-0.25, -0.2) is 0 Å². The molecule has 1 amide bonds. The van der Waals surface area contributed by atoms with Crippen LogP contribution in [0.1, 0.15) is 5.76 Å². The number of para-hydroxylation sites is 1. The molecular formula is C22H19N5O5S. The molecule has 10 nitrogen and oxygen atoms in total. The van der Waals surface area contributed by atoms with Crippen molar-refractivity contribution in [3.05, 3.63) is 82.8 Å². The van der Waals surface area contributed by atoms with Crippen molar-refractivity contribution >= 4 is 29.0 Å². The average molecular weight is 465 g/mol. The third-order valence-corrected chi connectivity index (χ3v) is 5.60. The molecule has 0 aliphatic heterocycles. The Bertz CT molecular complexity index is 1270. The van der Waals surface area contributed by atoms with Crippen LogP contribution in [0.4, 0.5) is 11.4 Å². The minimum Gasteiger partial charge on any atom is -0.496 e. The highest BCUT2D eigenvalue weighted by molar-refractivity contribution is 7.99. The summed E-state index contributed by atoms with van der Waals surface area (Å²) in [5, 5.41) is 22.7. The van der Waals surface area contributed by atoms with E-state index in [1.54, 1.807) is 25.5 Å². The van der Waals surface area contributed by atoms with Gasteiger partial charge in [-0.05, 0) is 30.3 Å². The van der Waals surface area contributed by atoms with Gasteiger partial charge >= 0.3 is 0 Å². The van der Waals surface area contributed by atoms with Gasteiger partial charge in [0.05, 0.1) is 36.2 Å². The Balaban J connectivity index is 1.55. The molecule has 0 atom stereocenters. The molecule has 0 aliphatic carbocycles. The fourth-order valence-electron chi connectivity index (χ4n) is 3.15. The molecule has 4 rings (SSSR count). The number of carbonyl (C=O) groups excluding carboxylic acids is 1. The van der Waals surface area contributed by atoms with Gasteiger partial charge in [0.2, 0.25) is 5.91 Å². The topological polar surface area (TPSA) is 125 Å². The second-order valence-electron chi connectivity index (χ2n) is 6.82. The molecule has 1 N–H and O–H groups in total. The van der Waals surface area contributed by atoms with Crippen LogP contribution < -0.4 is 10.1 Å². The molecule has 0 spiro atoms. The Morgan fingerprint density at radius 3 is 2.79 bits per heavy atom. The summed E-state index contributed by atoms with van der Waals surface area (Å²) in [5.41, 5.74) is 1.01. The molecule has 0 bridgehead atoms. The van der Waals surface area contributed by atoms with Crippen molar-refractivity contribution < 1.29 is 18.9 Å². The van der Waals surface area contributed by atoms with E-state index in [1.165, 1.54) is 30.0 Å². The summed E-state index contributed by atoms with van der Waals surface area (Å²) in [4.78, 5) is 22.9. The summed E-state index contributed by atoms with van der Waals surface area (Å²) in [5.74, 6) is 1.63. The van der Waals surface area contributed by atoms with Crippen molar-refractivity contribution in [2.75, 3.05) is 18.2 Å². The number of furan rings is 1. The van der Waals surface area contributed by atoms with E-state index in [4.69, 9.17) is 9.15 Å². The number of amides is 1. The first-order valence-corrected chi connectivity index (χ1v) is 10.8. The van der Waals surface area contributed by atoms with Crippen molar-refractivity contribution in [2.45, 2.75) is 11.7 Å². The number of thioether (sulfide) groups is 1. The van der Waals surface area contributed by atoms with Crippen molar-refractivity contribution in [1.82, 2.24) is 14.8 Å². The highest BCUT2D eigenvalue weighted by Crippen LogP contribution is 2.31. The van der Waals surface area contributed by atoms with Crippen molar-refractivity contribution in [1.29, 1.82) is 0 Å². The lowest BCUT2D eigenvalue weighted by molar-refractivity contribution is -0.384. The second-order valence-corrected chi connectivity index (χ2v) is 7.76. The van der Waals surface area contributed by atoms with Crippen LogP contribution in [0.2, 0.25) is 0 Å². The van der Waals surface area contributed by atoms with Gasteiger partial charge in [0.15, 0.2) is 11.0 Å². The van der Waals surface area contributed by atoms with Gasteiger partial charge in [-0.3, -0.25) is 19.5 Å². The number of nitro groups is 1. The SMILES string of the molecule is COc1ccccc1-c1nnc(SCC(=O)Nc2cccc([N+](=O)[O-])c2)n1Cc1ccco1. The first-order chi connectivity index (χ1) is 16.0. The molecule has 4 aromatic rings. The standard InChI is InChI=1S/C22H19N5O5S/c1-31-19-10-3-2-9-18(19)21-24-25-22(26(21)13-17-8-5-11-32-17)33-14-20(28)23-15-6-4-7-16(12-15)27(29)30/h2-12H,13-14H2,1H3,(H,23,28). The number of hydrogen-bond donors (Lipinski definition) is 1. The zero-order chi connectivity index (χ0) is 23.2. The summed E-state index contributed by atoms with van der Waals surface area (Å²) >= 11 is 1.20. The Morgan fingerprint density at radius 1 is 1.18 bits per heavy atom. The maximum Gasteiger partial charge on any atom is 0.271 e. The van der Waals surface area contributed by atoms with Gasteiger partial charge in [0.1, 0.15) is 11.5 Å².